The molecule has 7 heteroatoms. The molecular formula is C19H14N2O5. The van der Waals surface area contributed by atoms with E-state index in [-0.39, 0.29) is 23.6 Å². The van der Waals surface area contributed by atoms with Gasteiger partial charge in [0.2, 0.25) is 0 Å². The molecule has 0 atom stereocenters. The van der Waals surface area contributed by atoms with Gasteiger partial charge in [-0.3, -0.25) is 29.4 Å². The van der Waals surface area contributed by atoms with Crippen LogP contribution in [0.4, 0.5) is 5.69 Å². The zero-order chi connectivity index (χ0) is 18.8. The third-order valence-electron chi connectivity index (χ3n) is 4.10. The Morgan fingerprint density at radius 3 is 2.04 bits per heavy atom. The van der Waals surface area contributed by atoms with Crippen molar-refractivity contribution < 1.29 is 19.3 Å². The molecule has 26 heavy (non-hydrogen) atoms. The average Bonchev–Trinajstić information content (AvgIpc) is 2.86. The standard InChI is InChI=1S/C19H14N2O5/c1-12(22)14(10-13-6-8-15(9-7-13)21(25)26)11-20-18(23)16-4-2-3-5-17(16)19(20)24/h2-10H,11H2,1H3/b14-10+. The second-order valence-electron chi connectivity index (χ2n) is 5.82. The number of Topliss-reactive ketones (excluding diaryl/α,β-unsaturated/α-hetero) is 1. The van der Waals surface area contributed by atoms with Gasteiger partial charge in [-0.2, -0.15) is 0 Å². The number of imide groups is 1. The summed E-state index contributed by atoms with van der Waals surface area (Å²) in [6.07, 6.45) is 1.52. The summed E-state index contributed by atoms with van der Waals surface area (Å²) < 4.78 is 0. The molecule has 0 saturated heterocycles. The molecular weight excluding hydrogens is 336 g/mol. The monoisotopic (exact) mass is 350 g/mol. The number of amides is 2. The van der Waals surface area contributed by atoms with E-state index in [1.807, 2.05) is 0 Å². The normalized spacial score (nSPS) is 13.7. The first-order chi connectivity index (χ1) is 12.4. The van der Waals surface area contributed by atoms with Crippen LogP contribution in [0.3, 0.4) is 0 Å². The smallest absolute Gasteiger partial charge is 0.269 e. The highest BCUT2D eigenvalue weighted by atomic mass is 16.6. The summed E-state index contributed by atoms with van der Waals surface area (Å²) >= 11 is 0. The first-order valence-corrected chi connectivity index (χ1v) is 7.79. The zero-order valence-corrected chi connectivity index (χ0v) is 13.8. The number of hydrogen-bond donors (Lipinski definition) is 0. The van der Waals surface area contributed by atoms with E-state index < -0.39 is 16.7 Å². The number of rotatable bonds is 5. The van der Waals surface area contributed by atoms with Gasteiger partial charge in [0, 0.05) is 17.7 Å². The van der Waals surface area contributed by atoms with Crippen LogP contribution < -0.4 is 0 Å². The van der Waals surface area contributed by atoms with Gasteiger partial charge in [-0.25, -0.2) is 0 Å². The summed E-state index contributed by atoms with van der Waals surface area (Å²) in [5, 5.41) is 10.7. The lowest BCUT2D eigenvalue weighted by molar-refractivity contribution is -0.384. The van der Waals surface area contributed by atoms with Crippen LogP contribution in [-0.4, -0.2) is 34.0 Å². The number of nitro benzene ring substituents is 1. The van der Waals surface area contributed by atoms with Gasteiger partial charge < -0.3 is 0 Å². The second-order valence-corrected chi connectivity index (χ2v) is 5.82. The third kappa shape index (κ3) is 3.14. The second kappa shape index (κ2) is 6.72. The molecule has 0 radical (unpaired) electrons. The van der Waals surface area contributed by atoms with Gasteiger partial charge >= 0.3 is 0 Å². The number of benzene rings is 2. The Labute approximate surface area is 148 Å². The molecule has 0 spiro atoms. The van der Waals surface area contributed by atoms with Crippen molar-refractivity contribution in [1.29, 1.82) is 0 Å². The minimum Gasteiger partial charge on any atom is -0.295 e. The Morgan fingerprint density at radius 1 is 1.04 bits per heavy atom. The number of carbonyl (C=O) groups is 3. The van der Waals surface area contributed by atoms with Crippen molar-refractivity contribution >= 4 is 29.4 Å². The molecule has 7 nitrogen and oxygen atoms in total. The summed E-state index contributed by atoms with van der Waals surface area (Å²) in [6, 6.07) is 12.1. The predicted molar refractivity (Wildman–Crippen MR) is 93.6 cm³/mol. The highest BCUT2D eigenvalue weighted by Gasteiger charge is 2.35. The molecule has 0 aromatic heterocycles. The van der Waals surface area contributed by atoms with E-state index in [0.717, 1.165) is 4.90 Å². The first-order valence-electron chi connectivity index (χ1n) is 7.79. The molecule has 3 rings (SSSR count). The summed E-state index contributed by atoms with van der Waals surface area (Å²) in [4.78, 5) is 48.1. The summed E-state index contributed by atoms with van der Waals surface area (Å²) in [6.45, 7) is 1.19. The maximum absolute atomic E-state index is 12.4. The van der Waals surface area contributed by atoms with Crippen LogP contribution >= 0.6 is 0 Å². The minimum absolute atomic E-state index is 0.0631. The molecule has 0 N–H and O–H groups in total. The first kappa shape index (κ1) is 17.2. The van der Waals surface area contributed by atoms with Crippen molar-refractivity contribution in [2.24, 2.45) is 0 Å². The van der Waals surface area contributed by atoms with Gasteiger partial charge in [0.25, 0.3) is 17.5 Å². The number of nitro groups is 1. The fourth-order valence-corrected chi connectivity index (χ4v) is 2.71. The van der Waals surface area contributed by atoms with Crippen molar-refractivity contribution in [2.45, 2.75) is 6.92 Å². The maximum atomic E-state index is 12.4. The Kier molecular flexibility index (Phi) is 4.45. The van der Waals surface area contributed by atoms with Crippen LogP contribution in [0.25, 0.3) is 6.08 Å². The maximum Gasteiger partial charge on any atom is 0.269 e. The van der Waals surface area contributed by atoms with E-state index in [4.69, 9.17) is 0 Å². The lowest BCUT2D eigenvalue weighted by atomic mass is 10.1. The number of ketones is 1. The molecule has 1 heterocycles. The van der Waals surface area contributed by atoms with Crippen LogP contribution in [0.1, 0.15) is 33.2 Å². The number of fused-ring (bicyclic) bond motifs is 1. The summed E-state index contributed by atoms with van der Waals surface area (Å²) in [7, 11) is 0. The third-order valence-corrected chi connectivity index (χ3v) is 4.10. The fourth-order valence-electron chi connectivity index (χ4n) is 2.71. The fraction of sp³-hybridized carbons (Fsp3) is 0.105. The molecule has 2 aromatic rings. The van der Waals surface area contributed by atoms with Gasteiger partial charge in [-0.05, 0) is 42.8 Å². The molecule has 0 saturated carbocycles. The van der Waals surface area contributed by atoms with Crippen molar-refractivity contribution in [3.05, 3.63) is 80.9 Å². The van der Waals surface area contributed by atoms with Gasteiger partial charge in [-0.1, -0.05) is 12.1 Å². The van der Waals surface area contributed by atoms with Crippen LogP contribution in [0, 0.1) is 10.1 Å². The van der Waals surface area contributed by atoms with Crippen LogP contribution in [0.2, 0.25) is 0 Å². The number of hydrogen-bond acceptors (Lipinski definition) is 5. The van der Waals surface area contributed by atoms with Crippen LogP contribution in [0.5, 0.6) is 0 Å². The predicted octanol–water partition coefficient (Wildman–Crippen LogP) is 2.86. The highest BCUT2D eigenvalue weighted by molar-refractivity contribution is 6.22. The van der Waals surface area contributed by atoms with Crippen molar-refractivity contribution in [3.63, 3.8) is 0 Å². The summed E-state index contributed by atoms with van der Waals surface area (Å²) in [5.74, 6) is -1.18. The zero-order valence-electron chi connectivity index (χ0n) is 13.8. The lowest BCUT2D eigenvalue weighted by Crippen LogP contribution is -2.32. The van der Waals surface area contributed by atoms with Crippen LogP contribution in [0.15, 0.2) is 54.1 Å². The lowest BCUT2D eigenvalue weighted by Gasteiger charge is -2.15. The molecule has 1 aliphatic heterocycles. The largest absolute Gasteiger partial charge is 0.295 e. The average molecular weight is 350 g/mol. The van der Waals surface area contributed by atoms with E-state index in [1.54, 1.807) is 24.3 Å². The van der Waals surface area contributed by atoms with Gasteiger partial charge in [-0.15, -0.1) is 0 Å². The van der Waals surface area contributed by atoms with E-state index in [0.29, 0.717) is 16.7 Å². The van der Waals surface area contributed by atoms with E-state index >= 15 is 0 Å². The molecule has 2 aromatic carbocycles. The topological polar surface area (TPSA) is 97.6 Å². The molecule has 0 unspecified atom stereocenters. The molecule has 130 valence electrons. The van der Waals surface area contributed by atoms with E-state index in [1.165, 1.54) is 37.3 Å². The van der Waals surface area contributed by atoms with Gasteiger partial charge in [0.1, 0.15) is 0 Å². The van der Waals surface area contributed by atoms with Crippen molar-refractivity contribution in [1.82, 2.24) is 4.90 Å². The Bertz CT molecular complexity index is 925. The Morgan fingerprint density at radius 2 is 1.58 bits per heavy atom. The van der Waals surface area contributed by atoms with Crippen molar-refractivity contribution in [2.75, 3.05) is 6.54 Å². The van der Waals surface area contributed by atoms with Crippen molar-refractivity contribution in [3.8, 4) is 0 Å². The van der Waals surface area contributed by atoms with Gasteiger partial charge in [0.05, 0.1) is 22.6 Å². The quantitative estimate of drug-likeness (QED) is 0.357. The Hall–Kier alpha value is -3.61. The molecule has 0 aliphatic carbocycles. The highest BCUT2D eigenvalue weighted by Crippen LogP contribution is 2.24. The minimum atomic E-state index is -0.516. The number of carbonyl (C=O) groups excluding carboxylic acids is 3. The van der Waals surface area contributed by atoms with Gasteiger partial charge in [0.15, 0.2) is 5.78 Å². The Balaban J connectivity index is 1.88. The summed E-state index contributed by atoms with van der Waals surface area (Å²) in [5.41, 5.74) is 1.39. The molecule has 2 amide bonds. The number of nitrogens with zero attached hydrogens (tertiary/aromatic N) is 2. The van der Waals surface area contributed by atoms with E-state index in [2.05, 4.69) is 0 Å². The molecule has 0 fully saturated rings. The molecule has 1 aliphatic rings. The molecule has 0 bridgehead atoms. The SMILES string of the molecule is CC(=O)/C(=C/c1ccc([N+](=O)[O-])cc1)CN1C(=O)c2ccccc2C1=O. The van der Waals surface area contributed by atoms with E-state index in [9.17, 15) is 24.5 Å². The number of non-ortho nitro benzene ring substituents is 1. The van der Waals surface area contributed by atoms with Crippen LogP contribution in [-0.2, 0) is 4.79 Å².